The number of rotatable bonds is 2. The van der Waals surface area contributed by atoms with Crippen LogP contribution in [-0.2, 0) is 11.4 Å². The second-order valence-corrected chi connectivity index (χ2v) is 6.66. The van der Waals surface area contributed by atoms with Crippen LogP contribution < -0.4 is 0 Å². The zero-order valence-corrected chi connectivity index (χ0v) is 11.3. The minimum absolute atomic E-state index is 0.328. The number of aromatic nitrogens is 1. The number of hydrogen-bond donors (Lipinski definition) is 0. The van der Waals surface area contributed by atoms with Gasteiger partial charge in [0.05, 0.1) is 6.21 Å². The van der Waals surface area contributed by atoms with Crippen LogP contribution in [0.5, 0.6) is 0 Å². The van der Waals surface area contributed by atoms with Gasteiger partial charge in [-0.2, -0.15) is 0 Å². The molecule has 1 heterocycles. The van der Waals surface area contributed by atoms with E-state index in [2.05, 4.69) is 25.3 Å². The Hall–Kier alpha value is -0.390. The van der Waals surface area contributed by atoms with Gasteiger partial charge in [0.15, 0.2) is 0 Å². The molecule has 0 radical (unpaired) electrons. The summed E-state index contributed by atoms with van der Waals surface area (Å²) in [6, 6.07) is 3.67. The van der Waals surface area contributed by atoms with Gasteiger partial charge in [-0.3, -0.25) is 0 Å². The third kappa shape index (κ3) is 3.93. The normalized spacial score (nSPS) is 14.5. The molecule has 3 nitrogen and oxygen atoms in total. The Kier molecular flexibility index (Phi) is 4.31. The van der Waals surface area contributed by atoms with Gasteiger partial charge < -0.3 is 4.55 Å². The van der Waals surface area contributed by atoms with Gasteiger partial charge in [-0.1, -0.05) is 4.40 Å². The summed E-state index contributed by atoms with van der Waals surface area (Å²) in [6.07, 6.45) is 3.26. The molecule has 0 aliphatic rings. The fourth-order valence-electron chi connectivity index (χ4n) is 0.758. The van der Waals surface area contributed by atoms with Crippen LogP contribution >= 0.6 is 15.9 Å². The predicted molar refractivity (Wildman–Crippen MR) is 67.4 cm³/mol. The van der Waals surface area contributed by atoms with Gasteiger partial charge in [-0.15, -0.1) is 0 Å². The molecule has 0 aliphatic carbocycles. The third-order valence-electron chi connectivity index (χ3n) is 1.60. The molecule has 1 unspecified atom stereocenters. The Balaban J connectivity index is 2.79. The fourth-order valence-corrected chi connectivity index (χ4v) is 1.64. The van der Waals surface area contributed by atoms with E-state index >= 15 is 0 Å². The molecule has 0 saturated carbocycles. The standard InChI is InChI=1S/C10H13BrN2OS/c1-10(2,3)15(14)13-7-8-5-4-6-12-9(8)11/h4-7H,1-3H3. The lowest BCUT2D eigenvalue weighted by atomic mass is 10.3. The summed E-state index contributed by atoms with van der Waals surface area (Å²) >= 11 is 2.07. The van der Waals surface area contributed by atoms with E-state index in [4.69, 9.17) is 0 Å². The topological polar surface area (TPSA) is 48.3 Å². The third-order valence-corrected chi connectivity index (χ3v) is 3.61. The van der Waals surface area contributed by atoms with E-state index in [1.807, 2.05) is 32.9 Å². The van der Waals surface area contributed by atoms with Crippen molar-refractivity contribution in [2.75, 3.05) is 0 Å². The van der Waals surface area contributed by atoms with Crippen molar-refractivity contribution in [1.29, 1.82) is 0 Å². The highest BCUT2D eigenvalue weighted by molar-refractivity contribution is 9.10. The van der Waals surface area contributed by atoms with Crippen molar-refractivity contribution in [2.24, 2.45) is 4.40 Å². The van der Waals surface area contributed by atoms with Gasteiger partial charge in [0.25, 0.3) is 0 Å². The molecule has 0 aromatic carbocycles. The molecule has 0 fully saturated rings. The van der Waals surface area contributed by atoms with Crippen molar-refractivity contribution in [3.8, 4) is 0 Å². The molecule has 1 aromatic rings. The lowest BCUT2D eigenvalue weighted by Crippen LogP contribution is -2.25. The van der Waals surface area contributed by atoms with Crippen molar-refractivity contribution in [2.45, 2.75) is 25.5 Å². The van der Waals surface area contributed by atoms with E-state index in [0.29, 0.717) is 4.60 Å². The second-order valence-electron chi connectivity index (χ2n) is 3.98. The van der Waals surface area contributed by atoms with Gasteiger partial charge in [-0.05, 0) is 48.8 Å². The van der Waals surface area contributed by atoms with Crippen LogP contribution in [0.25, 0.3) is 0 Å². The molecular formula is C10H13BrN2OS. The van der Waals surface area contributed by atoms with Crippen LogP contribution in [0.1, 0.15) is 26.3 Å². The number of halogens is 1. The Morgan fingerprint density at radius 1 is 1.53 bits per heavy atom. The Morgan fingerprint density at radius 2 is 2.20 bits per heavy atom. The van der Waals surface area contributed by atoms with E-state index in [9.17, 15) is 4.55 Å². The quantitative estimate of drug-likeness (QED) is 0.477. The minimum Gasteiger partial charge on any atom is -0.591 e. The van der Waals surface area contributed by atoms with Crippen LogP contribution in [0.2, 0.25) is 0 Å². The summed E-state index contributed by atoms with van der Waals surface area (Å²) < 4.78 is 16.0. The molecule has 5 heteroatoms. The lowest BCUT2D eigenvalue weighted by Gasteiger charge is -2.17. The van der Waals surface area contributed by atoms with Crippen molar-refractivity contribution in [3.05, 3.63) is 28.5 Å². The first-order valence-corrected chi connectivity index (χ1v) is 6.38. The van der Waals surface area contributed by atoms with Gasteiger partial charge in [-0.25, -0.2) is 4.98 Å². The van der Waals surface area contributed by atoms with Gasteiger partial charge in [0, 0.05) is 11.8 Å². The van der Waals surface area contributed by atoms with Gasteiger partial charge in [0.2, 0.25) is 0 Å². The maximum atomic E-state index is 11.6. The van der Waals surface area contributed by atoms with Crippen LogP contribution in [0, 0.1) is 0 Å². The van der Waals surface area contributed by atoms with E-state index in [-0.39, 0.29) is 4.75 Å². The molecule has 0 amide bonds. The van der Waals surface area contributed by atoms with Crippen molar-refractivity contribution in [1.82, 2.24) is 4.98 Å². The largest absolute Gasteiger partial charge is 0.591 e. The number of pyridine rings is 1. The molecule has 1 atom stereocenters. The van der Waals surface area contributed by atoms with E-state index in [1.165, 1.54) is 0 Å². The average Bonchev–Trinajstić information content (AvgIpc) is 2.14. The average molecular weight is 289 g/mol. The highest BCUT2D eigenvalue weighted by atomic mass is 79.9. The summed E-state index contributed by atoms with van der Waals surface area (Å²) in [5.74, 6) is 0. The van der Waals surface area contributed by atoms with E-state index < -0.39 is 11.4 Å². The summed E-state index contributed by atoms with van der Waals surface area (Å²) in [6.45, 7) is 5.66. The van der Waals surface area contributed by atoms with Crippen molar-refractivity contribution >= 4 is 33.5 Å². The summed E-state index contributed by atoms with van der Waals surface area (Å²) in [7, 11) is 0. The molecule has 1 rings (SSSR count). The first kappa shape index (κ1) is 12.7. The molecule has 82 valence electrons. The zero-order valence-electron chi connectivity index (χ0n) is 8.90. The monoisotopic (exact) mass is 288 g/mol. The second kappa shape index (κ2) is 5.09. The zero-order chi connectivity index (χ0) is 11.5. The number of nitrogens with zero attached hydrogens (tertiary/aromatic N) is 2. The van der Waals surface area contributed by atoms with Crippen LogP contribution in [0.3, 0.4) is 0 Å². The van der Waals surface area contributed by atoms with E-state index in [0.717, 1.165) is 5.56 Å². The summed E-state index contributed by atoms with van der Waals surface area (Å²) in [5, 5.41) is 0. The maximum absolute atomic E-state index is 11.6. The highest BCUT2D eigenvalue weighted by Gasteiger charge is 2.25. The minimum atomic E-state index is -1.23. The van der Waals surface area contributed by atoms with Crippen molar-refractivity contribution in [3.63, 3.8) is 0 Å². The van der Waals surface area contributed by atoms with Crippen LogP contribution in [-0.4, -0.2) is 20.5 Å². The Bertz CT molecular complexity index is 363. The summed E-state index contributed by atoms with van der Waals surface area (Å²) in [4.78, 5) is 4.05. The van der Waals surface area contributed by atoms with Gasteiger partial charge in [0.1, 0.15) is 20.7 Å². The lowest BCUT2D eigenvalue weighted by molar-refractivity contribution is 0.562. The van der Waals surface area contributed by atoms with Crippen LogP contribution in [0.15, 0.2) is 27.3 Å². The fraction of sp³-hybridized carbons (Fsp3) is 0.400. The molecule has 0 spiro atoms. The SMILES string of the molecule is CC(C)(C)[S+]([O-])N=Cc1cccnc1Br. The molecule has 0 saturated heterocycles. The Morgan fingerprint density at radius 3 is 2.73 bits per heavy atom. The highest BCUT2D eigenvalue weighted by Crippen LogP contribution is 2.17. The maximum Gasteiger partial charge on any atom is 0.144 e. The van der Waals surface area contributed by atoms with E-state index in [1.54, 1.807) is 12.4 Å². The van der Waals surface area contributed by atoms with Crippen LogP contribution in [0.4, 0.5) is 0 Å². The molecule has 15 heavy (non-hydrogen) atoms. The number of hydrogen-bond acceptors (Lipinski definition) is 3. The molecule has 1 aromatic heterocycles. The first-order chi connectivity index (χ1) is 6.91. The molecule has 0 bridgehead atoms. The first-order valence-electron chi connectivity index (χ1n) is 4.48. The van der Waals surface area contributed by atoms with Gasteiger partial charge >= 0.3 is 0 Å². The smallest absolute Gasteiger partial charge is 0.144 e. The predicted octanol–water partition coefficient (Wildman–Crippen LogP) is 2.73. The Labute approximate surface area is 101 Å². The molecular weight excluding hydrogens is 276 g/mol. The van der Waals surface area contributed by atoms with Crippen molar-refractivity contribution < 1.29 is 4.55 Å². The molecule has 0 aliphatic heterocycles. The molecule has 0 N–H and O–H groups in total. The summed E-state index contributed by atoms with van der Waals surface area (Å²) in [5.41, 5.74) is 0.829.